The number of hydrogen-bond acceptors (Lipinski definition) is 5. The Labute approximate surface area is 228 Å². The van der Waals surface area contributed by atoms with E-state index in [0.29, 0.717) is 17.7 Å². The summed E-state index contributed by atoms with van der Waals surface area (Å²) in [6, 6.07) is 4.55. The van der Waals surface area contributed by atoms with Crippen LogP contribution in [0.15, 0.2) is 36.9 Å². The summed E-state index contributed by atoms with van der Waals surface area (Å²) in [5.41, 5.74) is 0.365. The van der Waals surface area contributed by atoms with E-state index in [1.807, 2.05) is 20.8 Å². The highest BCUT2D eigenvalue weighted by atomic mass is 19.1. The fraction of sp³-hybridized carbons (Fsp3) is 0.645. The molecule has 0 radical (unpaired) electrons. The second kappa shape index (κ2) is 17.7. The van der Waals surface area contributed by atoms with Crippen molar-refractivity contribution in [1.29, 1.82) is 0 Å². The van der Waals surface area contributed by atoms with Crippen LogP contribution in [0.4, 0.5) is 10.1 Å². The van der Waals surface area contributed by atoms with Gasteiger partial charge in [0.25, 0.3) is 5.91 Å². The van der Waals surface area contributed by atoms with E-state index in [0.717, 1.165) is 32.2 Å². The highest BCUT2D eigenvalue weighted by Crippen LogP contribution is 2.18. The lowest BCUT2D eigenvalue weighted by atomic mass is 10.0. The normalized spacial score (nSPS) is 11.5. The van der Waals surface area contributed by atoms with Crippen LogP contribution in [-0.2, 0) is 9.53 Å². The number of benzene rings is 1. The van der Waals surface area contributed by atoms with Gasteiger partial charge < -0.3 is 10.1 Å². The number of nitrogens with one attached hydrogen (secondary N) is 1. The van der Waals surface area contributed by atoms with Crippen LogP contribution in [-0.4, -0.2) is 33.6 Å². The zero-order valence-electron chi connectivity index (χ0n) is 23.8. The average molecular weight is 530 g/mol. The predicted octanol–water partition coefficient (Wildman–Crippen LogP) is 8.32. The van der Waals surface area contributed by atoms with Crippen molar-refractivity contribution in [3.05, 3.63) is 48.3 Å². The van der Waals surface area contributed by atoms with Crippen LogP contribution >= 0.6 is 0 Å². The Morgan fingerprint density at radius 2 is 1.42 bits per heavy atom. The first kappa shape index (κ1) is 31.5. The third kappa shape index (κ3) is 13.7. The van der Waals surface area contributed by atoms with Crippen LogP contribution in [0.5, 0.6) is 0 Å². The molecule has 0 amide bonds. The van der Waals surface area contributed by atoms with Crippen LogP contribution in [0.1, 0.15) is 127 Å². The van der Waals surface area contributed by atoms with E-state index in [9.17, 15) is 14.0 Å². The van der Waals surface area contributed by atoms with Crippen molar-refractivity contribution in [3.8, 4) is 0 Å². The van der Waals surface area contributed by atoms with Crippen LogP contribution in [0.25, 0.3) is 0 Å². The van der Waals surface area contributed by atoms with Gasteiger partial charge >= 0.3 is 5.97 Å². The SMILES string of the molecule is CC(C)(C)OC(=O)CCCCCCCCCCCCCCCCNc1ccc(C(=O)n2ccnc2)cc1F. The molecule has 38 heavy (non-hydrogen) atoms. The number of rotatable bonds is 19. The molecule has 0 saturated carbocycles. The fourth-order valence-electron chi connectivity index (χ4n) is 4.45. The van der Waals surface area contributed by atoms with Gasteiger partial charge in [0.05, 0.1) is 5.69 Å². The van der Waals surface area contributed by atoms with Crippen molar-refractivity contribution >= 4 is 17.6 Å². The van der Waals surface area contributed by atoms with Crippen LogP contribution in [0.2, 0.25) is 0 Å². The van der Waals surface area contributed by atoms with E-state index < -0.39 is 5.82 Å². The Morgan fingerprint density at radius 3 is 1.92 bits per heavy atom. The number of ether oxygens (including phenoxy) is 1. The van der Waals surface area contributed by atoms with Crippen molar-refractivity contribution in [2.24, 2.45) is 0 Å². The fourth-order valence-corrected chi connectivity index (χ4v) is 4.45. The third-order valence-corrected chi connectivity index (χ3v) is 6.50. The summed E-state index contributed by atoms with van der Waals surface area (Å²) in [4.78, 5) is 27.8. The molecule has 1 aromatic carbocycles. The molecule has 0 bridgehead atoms. The van der Waals surface area contributed by atoms with Crippen LogP contribution in [0, 0.1) is 5.82 Å². The highest BCUT2D eigenvalue weighted by molar-refractivity contribution is 5.96. The molecular weight excluding hydrogens is 481 g/mol. The van der Waals surface area contributed by atoms with Crippen molar-refractivity contribution in [2.75, 3.05) is 11.9 Å². The number of aromatic nitrogens is 2. The molecule has 0 aliphatic rings. The zero-order chi connectivity index (χ0) is 27.6. The van der Waals surface area contributed by atoms with E-state index in [-0.39, 0.29) is 17.5 Å². The molecule has 2 rings (SSSR count). The summed E-state index contributed by atoms with van der Waals surface area (Å²) < 4.78 is 21.0. The second-order valence-corrected chi connectivity index (χ2v) is 11.2. The predicted molar refractivity (Wildman–Crippen MR) is 152 cm³/mol. The van der Waals surface area contributed by atoms with Crippen molar-refractivity contribution in [3.63, 3.8) is 0 Å². The number of hydrogen-bond donors (Lipinski definition) is 1. The van der Waals surface area contributed by atoms with Crippen molar-refractivity contribution in [2.45, 2.75) is 123 Å². The molecule has 7 heteroatoms. The molecule has 2 aromatic rings. The minimum atomic E-state index is -0.408. The number of esters is 1. The minimum absolute atomic E-state index is 0.0759. The molecule has 0 aliphatic carbocycles. The van der Waals surface area contributed by atoms with E-state index >= 15 is 0 Å². The zero-order valence-corrected chi connectivity index (χ0v) is 23.8. The number of carbonyl (C=O) groups is 2. The smallest absolute Gasteiger partial charge is 0.306 e. The molecule has 0 aliphatic heterocycles. The van der Waals surface area contributed by atoms with Gasteiger partial charge in [-0.25, -0.2) is 9.37 Å². The molecule has 6 nitrogen and oxygen atoms in total. The largest absolute Gasteiger partial charge is 0.460 e. The van der Waals surface area contributed by atoms with E-state index in [2.05, 4.69) is 10.3 Å². The average Bonchev–Trinajstić information content (AvgIpc) is 3.40. The molecule has 1 aromatic heterocycles. The number of anilines is 1. The molecule has 1 N–H and O–H groups in total. The Morgan fingerprint density at radius 1 is 0.868 bits per heavy atom. The summed E-state index contributed by atoms with van der Waals surface area (Å²) in [5, 5.41) is 3.15. The monoisotopic (exact) mass is 529 g/mol. The third-order valence-electron chi connectivity index (χ3n) is 6.50. The molecular formula is C31H48FN3O3. The first-order valence-corrected chi connectivity index (χ1v) is 14.5. The van der Waals surface area contributed by atoms with Gasteiger partial charge in [0.15, 0.2) is 0 Å². The molecule has 0 fully saturated rings. The molecule has 0 unspecified atom stereocenters. The lowest BCUT2D eigenvalue weighted by molar-refractivity contribution is -0.154. The van der Waals surface area contributed by atoms with E-state index in [4.69, 9.17) is 4.74 Å². The van der Waals surface area contributed by atoms with Gasteiger partial charge in [0.2, 0.25) is 0 Å². The summed E-state index contributed by atoms with van der Waals surface area (Å²) in [6.45, 7) is 6.46. The van der Waals surface area contributed by atoms with Crippen molar-refractivity contribution < 1.29 is 18.7 Å². The molecule has 0 saturated heterocycles. The molecule has 0 spiro atoms. The van der Waals surface area contributed by atoms with E-state index in [1.54, 1.807) is 18.3 Å². The van der Waals surface area contributed by atoms with Gasteiger partial charge in [-0.05, 0) is 51.8 Å². The minimum Gasteiger partial charge on any atom is -0.460 e. The van der Waals surface area contributed by atoms with Crippen LogP contribution < -0.4 is 5.32 Å². The number of halogens is 1. The molecule has 212 valence electrons. The van der Waals surface area contributed by atoms with Gasteiger partial charge in [-0.1, -0.05) is 77.0 Å². The summed E-state index contributed by atoms with van der Waals surface area (Å²) in [6.07, 6.45) is 22.0. The van der Waals surface area contributed by atoms with Gasteiger partial charge in [-0.15, -0.1) is 0 Å². The number of unbranched alkanes of at least 4 members (excludes halogenated alkanes) is 13. The lowest BCUT2D eigenvalue weighted by Gasteiger charge is -2.19. The first-order valence-electron chi connectivity index (χ1n) is 14.5. The lowest BCUT2D eigenvalue weighted by Crippen LogP contribution is -2.23. The molecule has 1 heterocycles. The quantitative estimate of drug-likeness (QED) is 0.146. The number of nitrogens with zero attached hydrogens (tertiary/aromatic N) is 2. The first-order chi connectivity index (χ1) is 18.3. The van der Waals surface area contributed by atoms with Gasteiger partial charge in [-0.2, -0.15) is 0 Å². The molecule has 0 atom stereocenters. The van der Waals surface area contributed by atoms with Gasteiger partial charge in [0, 0.05) is 30.9 Å². The standard InChI is InChI=1S/C31H48FN3O3/c1-31(2,3)38-29(36)18-16-14-12-10-8-6-4-5-7-9-11-13-15-17-21-34-28-20-19-26(24-27(28)32)30(37)35-23-22-33-25-35/h19-20,22-25,34H,4-18,21H2,1-3H3. The maximum atomic E-state index is 14.4. The summed E-state index contributed by atoms with van der Waals surface area (Å²) >= 11 is 0. The van der Waals surface area contributed by atoms with Crippen molar-refractivity contribution in [1.82, 2.24) is 9.55 Å². The summed E-state index contributed by atoms with van der Waals surface area (Å²) in [7, 11) is 0. The Hall–Kier alpha value is -2.70. The Balaban J connectivity index is 1.36. The summed E-state index contributed by atoms with van der Waals surface area (Å²) in [5.74, 6) is -0.779. The van der Waals surface area contributed by atoms with E-state index in [1.165, 1.54) is 87.4 Å². The highest BCUT2D eigenvalue weighted by Gasteiger charge is 2.15. The van der Waals surface area contributed by atoms with Gasteiger partial charge in [-0.3, -0.25) is 14.2 Å². The van der Waals surface area contributed by atoms with Crippen LogP contribution in [0.3, 0.4) is 0 Å². The maximum Gasteiger partial charge on any atom is 0.306 e. The number of imidazole rings is 1. The second-order valence-electron chi connectivity index (χ2n) is 11.2. The topological polar surface area (TPSA) is 73.2 Å². The Bertz CT molecular complexity index is 938. The maximum absolute atomic E-state index is 14.4. The number of carbonyl (C=O) groups excluding carboxylic acids is 2. The van der Waals surface area contributed by atoms with Gasteiger partial charge in [0.1, 0.15) is 17.7 Å². The Kier molecular flexibility index (Phi) is 14.7.